The molecule has 0 bridgehead atoms. The lowest BCUT2D eigenvalue weighted by molar-refractivity contribution is -0.137. The third kappa shape index (κ3) is 3.99. The molecule has 0 radical (unpaired) electrons. The molecule has 0 saturated carbocycles. The normalized spacial score (nSPS) is 12.6. The van der Waals surface area contributed by atoms with E-state index in [4.69, 9.17) is 4.52 Å². The van der Waals surface area contributed by atoms with Crippen LogP contribution in [0.1, 0.15) is 40.3 Å². The van der Waals surface area contributed by atoms with Gasteiger partial charge >= 0.3 is 6.18 Å². The molecular weight excluding hydrogens is 359 g/mol. The van der Waals surface area contributed by atoms with Gasteiger partial charge in [-0.25, -0.2) is 0 Å². The van der Waals surface area contributed by atoms with E-state index in [0.717, 1.165) is 12.1 Å². The predicted octanol–water partition coefficient (Wildman–Crippen LogP) is 4.55. The Morgan fingerprint density at radius 1 is 1.15 bits per heavy atom. The van der Waals surface area contributed by atoms with E-state index in [9.17, 15) is 18.0 Å². The fourth-order valence-electron chi connectivity index (χ4n) is 2.63. The van der Waals surface area contributed by atoms with Crippen molar-refractivity contribution in [3.8, 4) is 11.3 Å². The van der Waals surface area contributed by atoms with Crippen LogP contribution >= 0.6 is 0 Å². The van der Waals surface area contributed by atoms with Crippen molar-refractivity contribution in [3.05, 3.63) is 71.2 Å². The van der Waals surface area contributed by atoms with Gasteiger partial charge in [0.05, 0.1) is 17.3 Å². The van der Waals surface area contributed by atoms with Crippen molar-refractivity contribution in [2.75, 3.05) is 0 Å². The highest BCUT2D eigenvalue weighted by molar-refractivity contribution is 6.00. The lowest BCUT2D eigenvalue weighted by atomic mass is 10.0. The van der Waals surface area contributed by atoms with Crippen molar-refractivity contribution in [1.82, 2.24) is 15.5 Å². The highest BCUT2D eigenvalue weighted by Crippen LogP contribution is 2.32. The first kappa shape index (κ1) is 18.6. The lowest BCUT2D eigenvalue weighted by Crippen LogP contribution is -2.27. The summed E-state index contributed by atoms with van der Waals surface area (Å²) in [5.74, 6) is -0.169. The summed E-state index contributed by atoms with van der Waals surface area (Å²) >= 11 is 0. The molecule has 1 amide bonds. The van der Waals surface area contributed by atoms with Gasteiger partial charge in [-0.2, -0.15) is 13.2 Å². The summed E-state index contributed by atoms with van der Waals surface area (Å²) in [6, 6.07) is 9.40. The third-order valence-electron chi connectivity index (χ3n) is 4.05. The number of aryl methyl sites for hydroxylation is 1. The molecule has 140 valence electrons. The van der Waals surface area contributed by atoms with Crippen LogP contribution < -0.4 is 5.32 Å². The number of amides is 1. The van der Waals surface area contributed by atoms with E-state index < -0.39 is 17.6 Å². The SMILES string of the molecule is Cc1onc(-c2ccc(C(F)(F)F)cc2)c1C(=O)N[C@@H](C)c1ccccn1. The van der Waals surface area contributed by atoms with Gasteiger partial charge in [0.1, 0.15) is 17.0 Å². The first-order chi connectivity index (χ1) is 12.8. The Hall–Kier alpha value is -3.16. The van der Waals surface area contributed by atoms with Gasteiger partial charge in [-0.05, 0) is 38.1 Å². The topological polar surface area (TPSA) is 68.0 Å². The molecule has 1 aromatic carbocycles. The lowest BCUT2D eigenvalue weighted by Gasteiger charge is -2.13. The smallest absolute Gasteiger partial charge is 0.360 e. The molecule has 0 saturated heterocycles. The van der Waals surface area contributed by atoms with Gasteiger partial charge in [0.2, 0.25) is 0 Å². The molecule has 2 heterocycles. The zero-order chi connectivity index (χ0) is 19.6. The number of halogens is 3. The van der Waals surface area contributed by atoms with Crippen molar-refractivity contribution in [1.29, 1.82) is 0 Å². The summed E-state index contributed by atoms with van der Waals surface area (Å²) in [7, 11) is 0. The van der Waals surface area contributed by atoms with Crippen molar-refractivity contribution >= 4 is 5.91 Å². The minimum Gasteiger partial charge on any atom is -0.360 e. The number of carbonyl (C=O) groups is 1. The molecule has 0 spiro atoms. The van der Waals surface area contributed by atoms with Crippen LogP contribution in [0.4, 0.5) is 13.2 Å². The number of benzene rings is 1. The molecule has 1 atom stereocenters. The fraction of sp³-hybridized carbons (Fsp3) is 0.211. The maximum Gasteiger partial charge on any atom is 0.416 e. The average Bonchev–Trinajstić information content (AvgIpc) is 3.03. The molecule has 0 fully saturated rings. The van der Waals surface area contributed by atoms with Gasteiger partial charge in [0, 0.05) is 11.8 Å². The number of nitrogens with one attached hydrogen (secondary N) is 1. The zero-order valence-electron chi connectivity index (χ0n) is 14.5. The number of nitrogens with zero attached hydrogens (tertiary/aromatic N) is 2. The molecule has 27 heavy (non-hydrogen) atoms. The minimum atomic E-state index is -4.43. The molecular formula is C19H16F3N3O2. The van der Waals surface area contributed by atoms with E-state index in [2.05, 4.69) is 15.5 Å². The Balaban J connectivity index is 1.87. The van der Waals surface area contributed by atoms with Crippen molar-refractivity contribution in [2.45, 2.75) is 26.1 Å². The summed E-state index contributed by atoms with van der Waals surface area (Å²) in [6.07, 6.45) is -2.81. The van der Waals surface area contributed by atoms with Crippen LogP contribution in [0.15, 0.2) is 53.2 Å². The van der Waals surface area contributed by atoms with E-state index >= 15 is 0 Å². The van der Waals surface area contributed by atoms with E-state index in [1.165, 1.54) is 12.1 Å². The number of rotatable bonds is 4. The van der Waals surface area contributed by atoms with Crippen LogP contribution in [0.5, 0.6) is 0 Å². The van der Waals surface area contributed by atoms with Crippen molar-refractivity contribution < 1.29 is 22.5 Å². The summed E-state index contributed by atoms with van der Waals surface area (Å²) in [5.41, 5.74) is 0.622. The van der Waals surface area contributed by atoms with Crippen LogP contribution in [0, 0.1) is 6.92 Å². The van der Waals surface area contributed by atoms with Crippen molar-refractivity contribution in [2.24, 2.45) is 0 Å². The van der Waals surface area contributed by atoms with Gasteiger partial charge in [0.25, 0.3) is 5.91 Å². The average molecular weight is 375 g/mol. The Morgan fingerprint density at radius 3 is 2.44 bits per heavy atom. The predicted molar refractivity (Wildman–Crippen MR) is 91.8 cm³/mol. The largest absolute Gasteiger partial charge is 0.416 e. The number of pyridine rings is 1. The Morgan fingerprint density at radius 2 is 1.85 bits per heavy atom. The summed E-state index contributed by atoms with van der Waals surface area (Å²) in [5, 5.41) is 6.65. The Kier molecular flexibility index (Phi) is 4.98. The van der Waals surface area contributed by atoms with E-state index in [1.807, 2.05) is 6.07 Å². The molecule has 0 aliphatic heterocycles. The maximum atomic E-state index is 12.7. The molecule has 3 aromatic rings. The first-order valence-corrected chi connectivity index (χ1v) is 8.13. The van der Waals surface area contributed by atoms with Crippen LogP contribution in [-0.4, -0.2) is 16.0 Å². The van der Waals surface area contributed by atoms with E-state index in [-0.39, 0.29) is 23.1 Å². The van der Waals surface area contributed by atoms with Gasteiger partial charge in [-0.3, -0.25) is 9.78 Å². The molecule has 2 aromatic heterocycles. The second-order valence-corrected chi connectivity index (χ2v) is 5.99. The molecule has 0 unspecified atom stereocenters. The summed E-state index contributed by atoms with van der Waals surface area (Å²) < 4.78 is 43.3. The highest BCUT2D eigenvalue weighted by atomic mass is 19.4. The molecule has 0 aliphatic carbocycles. The van der Waals surface area contributed by atoms with Crippen LogP contribution in [0.25, 0.3) is 11.3 Å². The first-order valence-electron chi connectivity index (χ1n) is 8.13. The standard InChI is InChI=1S/C19H16F3N3O2/c1-11(15-5-3-4-10-23-15)24-18(26)16-12(2)27-25-17(16)13-6-8-14(9-7-13)19(20,21)22/h3-11H,1-2H3,(H,24,26)/t11-/m0/s1. The second-order valence-electron chi connectivity index (χ2n) is 5.99. The molecule has 8 heteroatoms. The van der Waals surface area contributed by atoms with Crippen LogP contribution in [-0.2, 0) is 6.18 Å². The van der Waals surface area contributed by atoms with Crippen LogP contribution in [0.3, 0.4) is 0 Å². The van der Waals surface area contributed by atoms with Gasteiger partial charge in [-0.15, -0.1) is 0 Å². The van der Waals surface area contributed by atoms with Gasteiger partial charge < -0.3 is 9.84 Å². The minimum absolute atomic E-state index is 0.178. The van der Waals surface area contributed by atoms with Gasteiger partial charge in [-0.1, -0.05) is 23.4 Å². The molecule has 5 nitrogen and oxygen atoms in total. The van der Waals surface area contributed by atoms with E-state index in [0.29, 0.717) is 11.3 Å². The summed E-state index contributed by atoms with van der Waals surface area (Å²) in [6.45, 7) is 3.35. The van der Waals surface area contributed by atoms with Gasteiger partial charge in [0.15, 0.2) is 0 Å². The molecule has 3 rings (SSSR count). The number of carbonyl (C=O) groups excluding carboxylic acids is 1. The van der Waals surface area contributed by atoms with Crippen molar-refractivity contribution in [3.63, 3.8) is 0 Å². The summed E-state index contributed by atoms with van der Waals surface area (Å²) in [4.78, 5) is 16.9. The number of aromatic nitrogens is 2. The maximum absolute atomic E-state index is 12.7. The van der Waals surface area contributed by atoms with E-state index in [1.54, 1.807) is 32.2 Å². The highest BCUT2D eigenvalue weighted by Gasteiger charge is 2.30. The monoisotopic (exact) mass is 375 g/mol. The zero-order valence-corrected chi connectivity index (χ0v) is 14.5. The molecule has 0 aliphatic rings. The molecule has 1 N–H and O–H groups in total. The fourth-order valence-corrected chi connectivity index (χ4v) is 2.63. The Bertz CT molecular complexity index is 935. The quantitative estimate of drug-likeness (QED) is 0.726. The Labute approximate surface area is 153 Å². The number of hydrogen-bond acceptors (Lipinski definition) is 4. The van der Waals surface area contributed by atoms with Crippen LogP contribution in [0.2, 0.25) is 0 Å². The third-order valence-corrected chi connectivity index (χ3v) is 4.05. The second kappa shape index (κ2) is 7.22. The number of alkyl halides is 3. The number of hydrogen-bond donors (Lipinski definition) is 1.